The minimum atomic E-state index is -0.282. The van der Waals surface area contributed by atoms with Gasteiger partial charge in [-0.1, -0.05) is 18.1 Å². The molecule has 1 saturated carbocycles. The van der Waals surface area contributed by atoms with Gasteiger partial charge in [-0.05, 0) is 30.9 Å². The number of aromatic nitrogens is 2. The summed E-state index contributed by atoms with van der Waals surface area (Å²) < 4.78 is 5.07. The molecule has 1 fully saturated rings. The Morgan fingerprint density at radius 2 is 2.32 bits per heavy atom. The number of hydrogen-bond donors (Lipinski definition) is 2. The molecule has 6 nitrogen and oxygen atoms in total. The SMILES string of the molecule is CCc1oncc1C(=O)N[C@@H](c1ccccn1)C1CC(O)C1. The van der Waals surface area contributed by atoms with Crippen molar-refractivity contribution < 1.29 is 14.4 Å². The zero-order valence-corrected chi connectivity index (χ0v) is 12.4. The Labute approximate surface area is 128 Å². The summed E-state index contributed by atoms with van der Waals surface area (Å²) in [6, 6.07) is 5.42. The minimum Gasteiger partial charge on any atom is -0.393 e. The van der Waals surface area contributed by atoms with Crippen molar-refractivity contribution in [1.82, 2.24) is 15.5 Å². The molecule has 6 heteroatoms. The number of carbonyl (C=O) groups excluding carboxylic acids is 1. The molecule has 1 amide bonds. The fourth-order valence-electron chi connectivity index (χ4n) is 2.82. The smallest absolute Gasteiger partial charge is 0.257 e. The summed E-state index contributed by atoms with van der Waals surface area (Å²) in [7, 11) is 0. The average Bonchev–Trinajstić information content (AvgIpc) is 2.99. The summed E-state index contributed by atoms with van der Waals surface area (Å²) in [5, 5.41) is 16.3. The van der Waals surface area contributed by atoms with Gasteiger partial charge in [0.1, 0.15) is 11.3 Å². The second-order valence-electron chi connectivity index (χ2n) is 5.61. The van der Waals surface area contributed by atoms with Gasteiger partial charge in [0, 0.05) is 12.6 Å². The van der Waals surface area contributed by atoms with Crippen LogP contribution in [0.2, 0.25) is 0 Å². The molecule has 2 heterocycles. The maximum atomic E-state index is 12.5. The third kappa shape index (κ3) is 2.87. The Morgan fingerprint density at radius 1 is 1.50 bits per heavy atom. The Morgan fingerprint density at radius 3 is 2.95 bits per heavy atom. The molecule has 1 atom stereocenters. The van der Waals surface area contributed by atoms with Crippen molar-refractivity contribution in [3.05, 3.63) is 47.6 Å². The van der Waals surface area contributed by atoms with E-state index in [4.69, 9.17) is 4.52 Å². The van der Waals surface area contributed by atoms with Crippen LogP contribution in [0.3, 0.4) is 0 Å². The molecule has 3 rings (SSSR count). The van der Waals surface area contributed by atoms with Gasteiger partial charge in [0.2, 0.25) is 0 Å². The van der Waals surface area contributed by atoms with Gasteiger partial charge in [-0.25, -0.2) is 0 Å². The van der Waals surface area contributed by atoms with Crippen LogP contribution in [0.25, 0.3) is 0 Å². The van der Waals surface area contributed by atoms with E-state index in [0.29, 0.717) is 30.6 Å². The van der Waals surface area contributed by atoms with Gasteiger partial charge in [-0.15, -0.1) is 0 Å². The number of aliphatic hydroxyl groups is 1. The molecule has 0 saturated heterocycles. The van der Waals surface area contributed by atoms with E-state index in [1.807, 2.05) is 25.1 Å². The van der Waals surface area contributed by atoms with Gasteiger partial charge in [0.15, 0.2) is 0 Å². The monoisotopic (exact) mass is 301 g/mol. The Bertz CT molecular complexity index is 635. The van der Waals surface area contributed by atoms with E-state index >= 15 is 0 Å². The number of aryl methyl sites for hydroxylation is 1. The van der Waals surface area contributed by atoms with Crippen molar-refractivity contribution >= 4 is 5.91 Å². The van der Waals surface area contributed by atoms with Crippen LogP contribution < -0.4 is 5.32 Å². The van der Waals surface area contributed by atoms with E-state index in [9.17, 15) is 9.90 Å². The van der Waals surface area contributed by atoms with Crippen molar-refractivity contribution in [3.8, 4) is 0 Å². The van der Waals surface area contributed by atoms with Gasteiger partial charge in [0.25, 0.3) is 5.91 Å². The van der Waals surface area contributed by atoms with Crippen LogP contribution in [0.4, 0.5) is 0 Å². The average molecular weight is 301 g/mol. The molecule has 0 unspecified atom stereocenters. The molecule has 0 radical (unpaired) electrons. The molecule has 22 heavy (non-hydrogen) atoms. The molecule has 2 N–H and O–H groups in total. The van der Waals surface area contributed by atoms with Crippen molar-refractivity contribution in [1.29, 1.82) is 0 Å². The molecule has 116 valence electrons. The summed E-state index contributed by atoms with van der Waals surface area (Å²) in [5.41, 5.74) is 1.27. The van der Waals surface area contributed by atoms with Gasteiger partial charge in [-0.2, -0.15) is 0 Å². The number of carbonyl (C=O) groups is 1. The largest absolute Gasteiger partial charge is 0.393 e. The molecule has 0 aliphatic heterocycles. The summed E-state index contributed by atoms with van der Waals surface area (Å²) in [6.45, 7) is 1.91. The Kier molecular flexibility index (Phi) is 4.20. The lowest BCUT2D eigenvalue weighted by atomic mass is 9.76. The Hall–Kier alpha value is -2.21. The number of nitrogens with one attached hydrogen (secondary N) is 1. The zero-order valence-electron chi connectivity index (χ0n) is 12.4. The van der Waals surface area contributed by atoms with Gasteiger partial charge >= 0.3 is 0 Å². The topological polar surface area (TPSA) is 88.3 Å². The standard InChI is InChI=1S/C16H19N3O3/c1-2-14-12(9-18-22-14)16(21)19-15(10-7-11(20)8-10)13-5-3-4-6-17-13/h3-6,9-11,15,20H,2,7-8H2,1H3,(H,19,21)/t10?,11?,15-/m1/s1. The first-order chi connectivity index (χ1) is 10.7. The third-order valence-electron chi connectivity index (χ3n) is 4.12. The van der Waals surface area contributed by atoms with Gasteiger partial charge < -0.3 is 14.9 Å². The number of hydrogen-bond acceptors (Lipinski definition) is 5. The highest BCUT2D eigenvalue weighted by molar-refractivity contribution is 5.95. The van der Waals surface area contributed by atoms with E-state index in [1.165, 1.54) is 6.20 Å². The van der Waals surface area contributed by atoms with E-state index in [0.717, 1.165) is 5.69 Å². The second-order valence-corrected chi connectivity index (χ2v) is 5.61. The number of rotatable bonds is 5. The maximum absolute atomic E-state index is 12.5. The lowest BCUT2D eigenvalue weighted by molar-refractivity contribution is 0.0228. The number of nitrogens with zero attached hydrogens (tertiary/aromatic N) is 2. The zero-order chi connectivity index (χ0) is 15.5. The number of amides is 1. The number of aliphatic hydroxyl groups excluding tert-OH is 1. The molecular formula is C16H19N3O3. The summed E-state index contributed by atoms with van der Waals surface area (Å²) in [6.07, 6.45) is 4.83. The maximum Gasteiger partial charge on any atom is 0.257 e. The fraction of sp³-hybridized carbons (Fsp3) is 0.438. The fourth-order valence-corrected chi connectivity index (χ4v) is 2.82. The third-order valence-corrected chi connectivity index (χ3v) is 4.12. The highest BCUT2D eigenvalue weighted by atomic mass is 16.5. The summed E-state index contributed by atoms with van der Waals surface area (Å²) in [5.74, 6) is 0.555. The van der Waals surface area contributed by atoms with E-state index in [2.05, 4.69) is 15.5 Å². The first-order valence-corrected chi connectivity index (χ1v) is 7.52. The highest BCUT2D eigenvalue weighted by Gasteiger charge is 2.36. The lowest BCUT2D eigenvalue weighted by Crippen LogP contribution is -2.41. The van der Waals surface area contributed by atoms with Crippen molar-refractivity contribution in [2.24, 2.45) is 5.92 Å². The second kappa shape index (κ2) is 6.27. The molecule has 1 aliphatic rings. The molecule has 1 aliphatic carbocycles. The van der Waals surface area contributed by atoms with Crippen LogP contribution in [-0.4, -0.2) is 27.3 Å². The first-order valence-electron chi connectivity index (χ1n) is 7.52. The van der Waals surface area contributed by atoms with Gasteiger partial charge in [-0.3, -0.25) is 9.78 Å². The van der Waals surface area contributed by atoms with E-state index < -0.39 is 0 Å². The summed E-state index contributed by atoms with van der Waals surface area (Å²) >= 11 is 0. The van der Waals surface area contributed by atoms with Crippen molar-refractivity contribution in [2.75, 3.05) is 0 Å². The molecule has 2 aromatic rings. The predicted octanol–water partition coefficient (Wildman–Crippen LogP) is 1.87. The van der Waals surface area contributed by atoms with Crippen molar-refractivity contribution in [2.45, 2.75) is 38.3 Å². The van der Waals surface area contributed by atoms with Crippen LogP contribution in [0.1, 0.15) is 47.6 Å². The van der Waals surface area contributed by atoms with E-state index in [-0.39, 0.29) is 24.0 Å². The van der Waals surface area contributed by atoms with Crippen LogP contribution in [0.5, 0.6) is 0 Å². The first kappa shape index (κ1) is 14.7. The quantitative estimate of drug-likeness (QED) is 0.880. The minimum absolute atomic E-state index is 0.193. The highest BCUT2D eigenvalue weighted by Crippen LogP contribution is 2.37. The number of pyridine rings is 1. The molecule has 0 spiro atoms. The van der Waals surface area contributed by atoms with Crippen LogP contribution in [-0.2, 0) is 6.42 Å². The predicted molar refractivity (Wildman–Crippen MR) is 79.1 cm³/mol. The molecule has 0 aromatic carbocycles. The van der Waals surface area contributed by atoms with Crippen LogP contribution in [0.15, 0.2) is 35.1 Å². The lowest BCUT2D eigenvalue weighted by Gasteiger charge is -2.37. The van der Waals surface area contributed by atoms with Gasteiger partial charge in [0.05, 0.1) is 24.0 Å². The summed E-state index contributed by atoms with van der Waals surface area (Å²) in [4.78, 5) is 16.8. The normalized spacial score (nSPS) is 21.9. The molecule has 0 bridgehead atoms. The molecule has 2 aromatic heterocycles. The molecular weight excluding hydrogens is 282 g/mol. The van der Waals surface area contributed by atoms with Crippen LogP contribution >= 0.6 is 0 Å². The van der Waals surface area contributed by atoms with E-state index in [1.54, 1.807) is 6.20 Å². The van der Waals surface area contributed by atoms with Crippen LogP contribution in [0, 0.1) is 5.92 Å². The van der Waals surface area contributed by atoms with Crippen molar-refractivity contribution in [3.63, 3.8) is 0 Å². The Balaban J connectivity index is 1.80.